The van der Waals surface area contributed by atoms with Gasteiger partial charge in [-0.25, -0.2) is 0 Å². The van der Waals surface area contributed by atoms with E-state index in [2.05, 4.69) is 53.6 Å². The lowest BCUT2D eigenvalue weighted by atomic mass is 9.99. The standard InChI is InChI=1S/C24H26N2O2/c27-24(28)15-14-22-13-12-21(19-26-17-7-16-25-26)18-23(22)11-6-2-5-10-20-8-3-1-4-9-20/h1,3-4,6-9,11-13,16-18H,2,5,10,14-15,19H2,(H,27,28)/b11-6+. The number of aromatic nitrogens is 2. The zero-order valence-electron chi connectivity index (χ0n) is 16.0. The first kappa shape index (κ1) is 19.6. The van der Waals surface area contributed by atoms with Gasteiger partial charge in [0.05, 0.1) is 6.54 Å². The van der Waals surface area contributed by atoms with Crippen LogP contribution >= 0.6 is 0 Å². The molecule has 0 unspecified atom stereocenters. The summed E-state index contributed by atoms with van der Waals surface area (Å²) in [6.45, 7) is 0.709. The Morgan fingerprint density at radius 3 is 2.64 bits per heavy atom. The summed E-state index contributed by atoms with van der Waals surface area (Å²) in [5.74, 6) is -0.765. The Labute approximate surface area is 166 Å². The maximum atomic E-state index is 11.0. The van der Waals surface area contributed by atoms with Gasteiger partial charge in [-0.05, 0) is 60.1 Å². The molecule has 0 amide bonds. The van der Waals surface area contributed by atoms with E-state index in [1.54, 1.807) is 6.20 Å². The molecule has 3 aromatic rings. The van der Waals surface area contributed by atoms with Gasteiger partial charge in [0.25, 0.3) is 0 Å². The molecule has 0 saturated heterocycles. The topological polar surface area (TPSA) is 55.1 Å². The van der Waals surface area contributed by atoms with Crippen LogP contribution in [-0.4, -0.2) is 20.9 Å². The number of carbonyl (C=O) groups is 1. The predicted molar refractivity (Wildman–Crippen MR) is 112 cm³/mol. The first-order valence-corrected chi connectivity index (χ1v) is 9.72. The lowest BCUT2D eigenvalue weighted by Crippen LogP contribution is -2.03. The Bertz CT molecular complexity index is 900. The summed E-state index contributed by atoms with van der Waals surface area (Å²) >= 11 is 0. The Balaban J connectivity index is 1.65. The van der Waals surface area contributed by atoms with E-state index in [0.29, 0.717) is 13.0 Å². The van der Waals surface area contributed by atoms with Crippen molar-refractivity contribution >= 4 is 12.0 Å². The van der Waals surface area contributed by atoms with Gasteiger partial charge in [-0.15, -0.1) is 0 Å². The number of carboxylic acids is 1. The largest absolute Gasteiger partial charge is 0.481 e. The zero-order valence-corrected chi connectivity index (χ0v) is 16.0. The number of unbranched alkanes of at least 4 members (excludes halogenated alkanes) is 1. The zero-order chi connectivity index (χ0) is 19.6. The van der Waals surface area contributed by atoms with E-state index in [1.165, 1.54) is 5.56 Å². The van der Waals surface area contributed by atoms with Crippen LogP contribution in [0.5, 0.6) is 0 Å². The minimum Gasteiger partial charge on any atom is -0.481 e. The highest BCUT2D eigenvalue weighted by Crippen LogP contribution is 2.18. The van der Waals surface area contributed by atoms with Gasteiger partial charge < -0.3 is 5.11 Å². The van der Waals surface area contributed by atoms with Gasteiger partial charge in [-0.2, -0.15) is 5.10 Å². The molecule has 0 atom stereocenters. The quantitative estimate of drug-likeness (QED) is 0.509. The first-order chi connectivity index (χ1) is 13.7. The number of rotatable bonds is 10. The fourth-order valence-electron chi connectivity index (χ4n) is 3.23. The molecule has 144 valence electrons. The molecule has 0 bridgehead atoms. The molecule has 0 fully saturated rings. The molecule has 28 heavy (non-hydrogen) atoms. The number of allylic oxidation sites excluding steroid dienone is 1. The minimum atomic E-state index is -0.765. The van der Waals surface area contributed by atoms with Crippen molar-refractivity contribution in [1.82, 2.24) is 9.78 Å². The number of carboxylic acid groups (broad SMARTS) is 1. The van der Waals surface area contributed by atoms with Gasteiger partial charge >= 0.3 is 5.97 Å². The highest BCUT2D eigenvalue weighted by atomic mass is 16.4. The van der Waals surface area contributed by atoms with Crippen molar-refractivity contribution in [3.8, 4) is 0 Å². The van der Waals surface area contributed by atoms with Crippen LogP contribution in [0, 0.1) is 0 Å². The summed E-state index contributed by atoms with van der Waals surface area (Å²) in [5, 5.41) is 13.3. The molecule has 0 spiro atoms. The van der Waals surface area contributed by atoms with Crippen molar-refractivity contribution in [2.24, 2.45) is 0 Å². The summed E-state index contributed by atoms with van der Waals surface area (Å²) < 4.78 is 1.89. The summed E-state index contributed by atoms with van der Waals surface area (Å²) in [4.78, 5) is 11.0. The number of nitrogens with zero attached hydrogens (tertiary/aromatic N) is 2. The van der Waals surface area contributed by atoms with Gasteiger partial charge in [-0.1, -0.05) is 54.6 Å². The number of benzene rings is 2. The van der Waals surface area contributed by atoms with Crippen molar-refractivity contribution in [3.63, 3.8) is 0 Å². The van der Waals surface area contributed by atoms with Crippen LogP contribution in [0.3, 0.4) is 0 Å². The first-order valence-electron chi connectivity index (χ1n) is 9.72. The maximum absolute atomic E-state index is 11.0. The Morgan fingerprint density at radius 2 is 1.89 bits per heavy atom. The second kappa shape index (κ2) is 10.3. The average molecular weight is 374 g/mol. The molecule has 0 aliphatic carbocycles. The average Bonchev–Trinajstić information content (AvgIpc) is 3.21. The molecule has 4 heteroatoms. The number of aliphatic carboxylic acids is 1. The fourth-order valence-corrected chi connectivity index (χ4v) is 3.23. The Morgan fingerprint density at radius 1 is 1.04 bits per heavy atom. The molecule has 0 radical (unpaired) electrons. The van der Waals surface area contributed by atoms with Gasteiger partial charge in [0.1, 0.15) is 0 Å². The van der Waals surface area contributed by atoms with Crippen LogP contribution in [0.15, 0.2) is 73.1 Å². The molecular weight excluding hydrogens is 348 g/mol. The molecule has 3 rings (SSSR count). The van der Waals surface area contributed by atoms with Crippen LogP contribution in [0.2, 0.25) is 0 Å². The van der Waals surface area contributed by atoms with E-state index in [-0.39, 0.29) is 6.42 Å². The highest BCUT2D eigenvalue weighted by molar-refractivity contribution is 5.67. The second-order valence-electron chi connectivity index (χ2n) is 6.91. The van der Waals surface area contributed by atoms with Crippen LogP contribution in [0.25, 0.3) is 6.08 Å². The second-order valence-corrected chi connectivity index (χ2v) is 6.91. The molecule has 1 aromatic heterocycles. The van der Waals surface area contributed by atoms with Crippen LogP contribution in [0.4, 0.5) is 0 Å². The number of hydrogen-bond acceptors (Lipinski definition) is 2. The third-order valence-corrected chi connectivity index (χ3v) is 4.70. The molecule has 0 saturated carbocycles. The fraction of sp³-hybridized carbons (Fsp3) is 0.250. The van der Waals surface area contributed by atoms with Gasteiger partial charge in [0.15, 0.2) is 0 Å². The smallest absolute Gasteiger partial charge is 0.303 e. The monoisotopic (exact) mass is 374 g/mol. The van der Waals surface area contributed by atoms with Crippen LogP contribution < -0.4 is 0 Å². The van der Waals surface area contributed by atoms with Crippen LogP contribution in [0.1, 0.15) is 41.5 Å². The number of hydrogen-bond donors (Lipinski definition) is 1. The van der Waals surface area contributed by atoms with Crippen molar-refractivity contribution in [1.29, 1.82) is 0 Å². The molecule has 1 N–H and O–H groups in total. The summed E-state index contributed by atoms with van der Waals surface area (Å²) in [7, 11) is 0. The number of aryl methyl sites for hydroxylation is 2. The van der Waals surface area contributed by atoms with Crippen molar-refractivity contribution in [3.05, 3.63) is 95.3 Å². The van der Waals surface area contributed by atoms with E-state index in [0.717, 1.165) is 36.0 Å². The summed E-state index contributed by atoms with van der Waals surface area (Å²) in [5.41, 5.74) is 4.70. The highest BCUT2D eigenvalue weighted by Gasteiger charge is 2.06. The molecular formula is C24H26N2O2. The Hall–Kier alpha value is -3.14. The minimum absolute atomic E-state index is 0.146. The third kappa shape index (κ3) is 6.23. The normalized spacial score (nSPS) is 11.1. The van der Waals surface area contributed by atoms with Gasteiger partial charge in [0.2, 0.25) is 0 Å². The van der Waals surface area contributed by atoms with E-state index in [1.807, 2.05) is 29.1 Å². The third-order valence-electron chi connectivity index (χ3n) is 4.70. The molecule has 0 aliphatic rings. The lowest BCUT2D eigenvalue weighted by Gasteiger charge is -2.09. The van der Waals surface area contributed by atoms with E-state index in [9.17, 15) is 4.79 Å². The van der Waals surface area contributed by atoms with Gasteiger partial charge in [-0.3, -0.25) is 9.48 Å². The predicted octanol–water partition coefficient (Wildman–Crippen LogP) is 4.98. The Kier molecular flexibility index (Phi) is 7.19. The summed E-state index contributed by atoms with van der Waals surface area (Å²) in [6.07, 6.45) is 11.9. The maximum Gasteiger partial charge on any atom is 0.303 e. The SMILES string of the molecule is O=C(O)CCc1ccc(Cn2cccn2)cc1/C=C/CCCc1ccccc1. The van der Waals surface area contributed by atoms with Crippen molar-refractivity contribution < 1.29 is 9.90 Å². The van der Waals surface area contributed by atoms with Gasteiger partial charge in [0, 0.05) is 18.8 Å². The van der Waals surface area contributed by atoms with Crippen molar-refractivity contribution in [2.45, 2.75) is 38.6 Å². The summed E-state index contributed by atoms with van der Waals surface area (Å²) in [6, 6.07) is 18.7. The van der Waals surface area contributed by atoms with Crippen LogP contribution in [-0.2, 0) is 24.2 Å². The van der Waals surface area contributed by atoms with E-state index < -0.39 is 5.97 Å². The van der Waals surface area contributed by atoms with E-state index >= 15 is 0 Å². The van der Waals surface area contributed by atoms with E-state index in [4.69, 9.17) is 5.11 Å². The molecule has 0 aliphatic heterocycles. The molecule has 2 aromatic carbocycles. The molecule has 1 heterocycles. The molecule has 4 nitrogen and oxygen atoms in total. The van der Waals surface area contributed by atoms with Crippen molar-refractivity contribution in [2.75, 3.05) is 0 Å². The lowest BCUT2D eigenvalue weighted by molar-refractivity contribution is -0.136.